The van der Waals surface area contributed by atoms with Gasteiger partial charge in [-0.1, -0.05) is 11.6 Å². The van der Waals surface area contributed by atoms with Gasteiger partial charge in [0.05, 0.1) is 5.69 Å². The first-order chi connectivity index (χ1) is 7.79. The van der Waals surface area contributed by atoms with Gasteiger partial charge in [0.15, 0.2) is 5.15 Å². The molecule has 0 aromatic carbocycles. The van der Waals surface area contributed by atoms with Crippen molar-refractivity contribution < 1.29 is 0 Å². The van der Waals surface area contributed by atoms with E-state index >= 15 is 0 Å². The molecule has 0 aliphatic heterocycles. The molecular formula is C11H8ClN3S. The molecule has 0 amide bonds. The van der Waals surface area contributed by atoms with E-state index in [0.717, 1.165) is 10.6 Å². The quantitative estimate of drug-likeness (QED) is 0.850. The molecule has 16 heavy (non-hydrogen) atoms. The van der Waals surface area contributed by atoms with Crippen molar-refractivity contribution in [2.75, 3.05) is 5.32 Å². The average molecular weight is 250 g/mol. The molecule has 0 saturated carbocycles. The number of aromatic nitrogens is 1. The summed E-state index contributed by atoms with van der Waals surface area (Å²) in [7, 11) is 0. The number of nitriles is 1. The van der Waals surface area contributed by atoms with Gasteiger partial charge in [0, 0.05) is 17.6 Å². The Morgan fingerprint density at radius 1 is 1.44 bits per heavy atom. The van der Waals surface area contributed by atoms with Gasteiger partial charge in [-0.05, 0) is 24.3 Å². The molecule has 0 unspecified atom stereocenters. The van der Waals surface area contributed by atoms with Crippen LogP contribution in [0.1, 0.15) is 9.75 Å². The number of hydrogen-bond donors (Lipinski definition) is 1. The smallest absolute Gasteiger partial charge is 0.152 e. The van der Waals surface area contributed by atoms with E-state index in [2.05, 4.69) is 16.4 Å². The lowest BCUT2D eigenvalue weighted by molar-refractivity contribution is 1.17. The highest BCUT2D eigenvalue weighted by molar-refractivity contribution is 7.12. The van der Waals surface area contributed by atoms with E-state index in [9.17, 15) is 0 Å². The van der Waals surface area contributed by atoms with Crippen LogP contribution in [0.4, 0.5) is 5.69 Å². The van der Waals surface area contributed by atoms with Crippen molar-refractivity contribution in [3.05, 3.63) is 45.4 Å². The van der Waals surface area contributed by atoms with Crippen LogP contribution in [-0.4, -0.2) is 4.98 Å². The summed E-state index contributed by atoms with van der Waals surface area (Å²) in [4.78, 5) is 5.78. The summed E-state index contributed by atoms with van der Waals surface area (Å²) in [6, 6.07) is 9.54. The minimum atomic E-state index is 0.458. The van der Waals surface area contributed by atoms with Gasteiger partial charge in [0.1, 0.15) is 10.9 Å². The highest BCUT2D eigenvalue weighted by atomic mass is 35.5. The maximum Gasteiger partial charge on any atom is 0.152 e. The Kier molecular flexibility index (Phi) is 3.40. The third-order valence-corrected chi connectivity index (χ3v) is 3.28. The highest BCUT2D eigenvalue weighted by Crippen LogP contribution is 2.20. The van der Waals surface area contributed by atoms with Crippen molar-refractivity contribution in [2.45, 2.75) is 6.54 Å². The van der Waals surface area contributed by atoms with Gasteiger partial charge >= 0.3 is 0 Å². The average Bonchev–Trinajstić information content (AvgIpc) is 2.76. The summed E-state index contributed by atoms with van der Waals surface area (Å²) < 4.78 is 0. The Morgan fingerprint density at radius 2 is 2.31 bits per heavy atom. The van der Waals surface area contributed by atoms with Crippen LogP contribution in [0, 0.1) is 11.3 Å². The van der Waals surface area contributed by atoms with E-state index in [1.54, 1.807) is 6.20 Å². The number of thiophene rings is 1. The normalized spacial score (nSPS) is 9.75. The molecule has 1 N–H and O–H groups in total. The number of rotatable bonds is 3. The van der Waals surface area contributed by atoms with Gasteiger partial charge in [0.2, 0.25) is 0 Å². The molecule has 0 spiro atoms. The summed E-state index contributed by atoms with van der Waals surface area (Å²) in [5, 5.41) is 12.3. The van der Waals surface area contributed by atoms with E-state index in [4.69, 9.17) is 16.9 Å². The zero-order valence-corrected chi connectivity index (χ0v) is 9.85. The van der Waals surface area contributed by atoms with Crippen molar-refractivity contribution in [3.8, 4) is 6.07 Å². The molecule has 2 aromatic rings. The molecule has 2 aromatic heterocycles. The molecule has 0 atom stereocenters. The molecule has 2 rings (SSSR count). The van der Waals surface area contributed by atoms with Gasteiger partial charge in [-0.15, -0.1) is 11.3 Å². The fourth-order valence-electron chi connectivity index (χ4n) is 1.23. The number of pyridine rings is 1. The molecule has 2 heterocycles. The lowest BCUT2D eigenvalue weighted by Gasteiger charge is -2.05. The zero-order valence-electron chi connectivity index (χ0n) is 8.27. The van der Waals surface area contributed by atoms with Crippen LogP contribution in [0.25, 0.3) is 0 Å². The van der Waals surface area contributed by atoms with E-state index in [-0.39, 0.29) is 0 Å². The summed E-state index contributed by atoms with van der Waals surface area (Å²) >= 11 is 7.37. The predicted octanol–water partition coefficient (Wildman–Crippen LogP) is 3.28. The largest absolute Gasteiger partial charge is 0.378 e. The summed E-state index contributed by atoms with van der Waals surface area (Å²) in [5.74, 6) is 0. The second kappa shape index (κ2) is 4.97. The lowest BCUT2D eigenvalue weighted by Crippen LogP contribution is -1.98. The lowest BCUT2D eigenvalue weighted by atomic mass is 10.4. The molecule has 0 bridgehead atoms. The molecule has 0 saturated heterocycles. The zero-order chi connectivity index (χ0) is 11.4. The Morgan fingerprint density at radius 3 is 3.00 bits per heavy atom. The molecule has 0 aliphatic rings. The Bertz CT molecular complexity index is 530. The Balaban J connectivity index is 2.03. The molecular weight excluding hydrogens is 242 g/mol. The van der Waals surface area contributed by atoms with E-state index in [1.807, 2.05) is 24.3 Å². The minimum Gasteiger partial charge on any atom is -0.378 e. The van der Waals surface area contributed by atoms with Crippen LogP contribution in [0.5, 0.6) is 0 Å². The second-order valence-corrected chi connectivity index (χ2v) is 4.60. The second-order valence-electron chi connectivity index (χ2n) is 3.07. The summed E-state index contributed by atoms with van der Waals surface area (Å²) in [5.41, 5.74) is 0.802. The number of hydrogen-bond acceptors (Lipinski definition) is 4. The van der Waals surface area contributed by atoms with Crippen LogP contribution in [-0.2, 0) is 6.54 Å². The minimum absolute atomic E-state index is 0.458. The van der Waals surface area contributed by atoms with Crippen LogP contribution in [0.3, 0.4) is 0 Å². The van der Waals surface area contributed by atoms with Gasteiger partial charge in [0.25, 0.3) is 0 Å². The maximum absolute atomic E-state index is 8.69. The maximum atomic E-state index is 8.69. The van der Waals surface area contributed by atoms with Gasteiger partial charge < -0.3 is 5.32 Å². The molecule has 0 aliphatic carbocycles. The monoisotopic (exact) mass is 249 g/mol. The van der Waals surface area contributed by atoms with E-state index in [0.29, 0.717) is 16.6 Å². The first-order valence-corrected chi connectivity index (χ1v) is 5.82. The fourth-order valence-corrected chi connectivity index (χ4v) is 2.16. The molecule has 3 nitrogen and oxygen atoms in total. The summed E-state index contributed by atoms with van der Waals surface area (Å²) in [6.07, 6.45) is 1.65. The molecule has 0 fully saturated rings. The van der Waals surface area contributed by atoms with Crippen molar-refractivity contribution in [1.29, 1.82) is 5.26 Å². The predicted molar refractivity (Wildman–Crippen MR) is 65.6 cm³/mol. The standard InChI is InChI=1S/C11H8ClN3S/c12-11-10(2-1-5-14-11)15-7-9-4-3-8(6-13)16-9/h1-5,15H,7H2. The van der Waals surface area contributed by atoms with Crippen LogP contribution in [0.2, 0.25) is 5.15 Å². The first-order valence-electron chi connectivity index (χ1n) is 4.63. The van der Waals surface area contributed by atoms with Crippen molar-refractivity contribution in [3.63, 3.8) is 0 Å². The highest BCUT2D eigenvalue weighted by Gasteiger charge is 2.02. The third-order valence-electron chi connectivity index (χ3n) is 1.98. The first kappa shape index (κ1) is 10.9. The van der Waals surface area contributed by atoms with E-state index < -0.39 is 0 Å². The van der Waals surface area contributed by atoms with Crippen LogP contribution >= 0.6 is 22.9 Å². The van der Waals surface area contributed by atoms with E-state index in [1.165, 1.54) is 11.3 Å². The number of anilines is 1. The topological polar surface area (TPSA) is 48.7 Å². The Labute approximate surface area is 102 Å². The van der Waals surface area contributed by atoms with Crippen LogP contribution in [0.15, 0.2) is 30.5 Å². The van der Waals surface area contributed by atoms with Crippen molar-refractivity contribution in [1.82, 2.24) is 4.98 Å². The fraction of sp³-hybridized carbons (Fsp3) is 0.0909. The molecule has 80 valence electrons. The van der Waals surface area contributed by atoms with Gasteiger partial charge in [-0.25, -0.2) is 4.98 Å². The van der Waals surface area contributed by atoms with Crippen LogP contribution < -0.4 is 5.32 Å². The van der Waals surface area contributed by atoms with Crippen molar-refractivity contribution >= 4 is 28.6 Å². The molecule has 5 heteroatoms. The summed E-state index contributed by atoms with van der Waals surface area (Å²) in [6.45, 7) is 0.651. The van der Waals surface area contributed by atoms with Gasteiger partial charge in [-0.3, -0.25) is 0 Å². The third kappa shape index (κ3) is 2.51. The SMILES string of the molecule is N#Cc1ccc(CNc2cccnc2Cl)s1. The van der Waals surface area contributed by atoms with Crippen molar-refractivity contribution in [2.24, 2.45) is 0 Å². The molecule has 0 radical (unpaired) electrons. The number of nitrogens with zero attached hydrogens (tertiary/aromatic N) is 2. The number of halogens is 1. The number of nitrogens with one attached hydrogen (secondary N) is 1. The van der Waals surface area contributed by atoms with Gasteiger partial charge in [-0.2, -0.15) is 5.26 Å². The Hall–Kier alpha value is -1.57.